The Morgan fingerprint density at radius 1 is 1.00 bits per heavy atom. The molecule has 3 aromatic carbocycles. The van der Waals surface area contributed by atoms with Crippen LogP contribution >= 0.6 is 0 Å². The molecule has 1 amide bonds. The fraction of sp³-hybridized carbons (Fsp3) is 0.408. The summed E-state index contributed by atoms with van der Waals surface area (Å²) < 4.78 is 65.7. The van der Waals surface area contributed by atoms with Gasteiger partial charge in [-0.05, 0) is 131 Å². The summed E-state index contributed by atoms with van der Waals surface area (Å²) >= 11 is 0. The molecule has 2 aliphatic heterocycles. The second-order valence-corrected chi connectivity index (χ2v) is 21.6. The van der Waals surface area contributed by atoms with E-state index in [1.807, 2.05) is 17.6 Å². The first kappa shape index (κ1) is 44.4. The summed E-state index contributed by atoms with van der Waals surface area (Å²) in [6.45, 7) is 14.1. The molecule has 5 unspecified atom stereocenters. The molecular formula is C49H53F2N9O6S. The van der Waals surface area contributed by atoms with E-state index in [0.717, 1.165) is 39.9 Å². The predicted molar refractivity (Wildman–Crippen MR) is 248 cm³/mol. The minimum Gasteiger partial charge on any atom is -0.376 e. The zero-order chi connectivity index (χ0) is 47.5. The summed E-state index contributed by atoms with van der Waals surface area (Å²) in [5.41, 5.74) is 2.98. The van der Waals surface area contributed by atoms with Gasteiger partial charge in [0.25, 0.3) is 5.91 Å². The van der Waals surface area contributed by atoms with Gasteiger partial charge < -0.3 is 14.2 Å². The van der Waals surface area contributed by atoms with E-state index in [9.17, 15) is 13.8 Å². The summed E-state index contributed by atoms with van der Waals surface area (Å²) in [6, 6.07) is 15.0. The molecule has 4 aromatic heterocycles. The lowest BCUT2D eigenvalue weighted by Crippen LogP contribution is -2.41. The van der Waals surface area contributed by atoms with Crippen molar-refractivity contribution in [2.24, 2.45) is 10.3 Å². The lowest BCUT2D eigenvalue weighted by molar-refractivity contribution is -0.0592. The number of ether oxygens (including phenoxy) is 1. The molecule has 2 fully saturated rings. The number of rotatable bonds is 9. The van der Waals surface area contributed by atoms with Crippen LogP contribution in [-0.4, -0.2) is 80.2 Å². The van der Waals surface area contributed by atoms with Crippen molar-refractivity contribution in [3.8, 4) is 17.2 Å². The van der Waals surface area contributed by atoms with Gasteiger partial charge in [-0.3, -0.25) is 23.4 Å². The zero-order valence-electron chi connectivity index (χ0n) is 38.7. The highest BCUT2D eigenvalue weighted by molar-refractivity contribution is 7.93. The summed E-state index contributed by atoms with van der Waals surface area (Å²) in [7, 11) is -1.42. The number of aromatic amines is 1. The average Bonchev–Trinajstić information content (AvgIpc) is 3.79. The van der Waals surface area contributed by atoms with Crippen molar-refractivity contribution in [3.63, 3.8) is 0 Å². The monoisotopic (exact) mass is 933 g/mol. The fourth-order valence-corrected chi connectivity index (χ4v) is 12.1. The Labute approximate surface area is 385 Å². The highest BCUT2D eigenvalue weighted by Gasteiger charge is 2.59. The van der Waals surface area contributed by atoms with Crippen molar-refractivity contribution in [2.75, 3.05) is 26.0 Å². The Bertz CT molecular complexity index is 3400. The van der Waals surface area contributed by atoms with E-state index < -0.39 is 38.6 Å². The first-order chi connectivity index (χ1) is 31.9. The Morgan fingerprint density at radius 3 is 2.37 bits per heavy atom. The van der Waals surface area contributed by atoms with E-state index in [1.165, 1.54) is 36.1 Å². The quantitative estimate of drug-likeness (QED) is 0.152. The Hall–Kier alpha value is -6.40. The SMILES string of the molecule is CCS(=O)(=NC)c1ccc(-n2ccn(-c3c4c(nn3-c3cc(C)c(F)c(C)c3)CCN(C(=O)c3cc5cc(C6CCOC(C)(C)C6)ccc5n3C3(c5noc(=O)[nH]5)CC3C)C4C)c2=O)c(F)c1. The average molecular weight is 934 g/mol. The van der Waals surface area contributed by atoms with Crippen LogP contribution in [0.3, 0.4) is 0 Å². The molecule has 0 bridgehead atoms. The smallest absolute Gasteiger partial charge is 0.376 e. The van der Waals surface area contributed by atoms with Gasteiger partial charge >= 0.3 is 11.4 Å². The van der Waals surface area contributed by atoms with Crippen LogP contribution < -0.4 is 11.4 Å². The molecule has 10 rings (SSSR count). The van der Waals surface area contributed by atoms with Crippen molar-refractivity contribution in [1.29, 1.82) is 0 Å². The summed E-state index contributed by atoms with van der Waals surface area (Å²) in [4.78, 5) is 47.4. The van der Waals surface area contributed by atoms with Gasteiger partial charge in [0.2, 0.25) is 0 Å². The van der Waals surface area contributed by atoms with Crippen LogP contribution in [0.2, 0.25) is 0 Å². The van der Waals surface area contributed by atoms with Gasteiger partial charge in [0.05, 0.1) is 43.3 Å². The number of benzene rings is 3. The number of imidazole rings is 1. The number of hydrogen-bond donors (Lipinski definition) is 1. The van der Waals surface area contributed by atoms with Gasteiger partial charge in [-0.15, -0.1) is 0 Å². The number of fused-ring (bicyclic) bond motifs is 2. The summed E-state index contributed by atoms with van der Waals surface area (Å²) in [5.74, 6) is -1.02. The van der Waals surface area contributed by atoms with Gasteiger partial charge in [0, 0.05) is 61.2 Å². The lowest BCUT2D eigenvalue weighted by atomic mass is 9.83. The first-order valence-corrected chi connectivity index (χ1v) is 24.4. The molecule has 18 heteroatoms. The van der Waals surface area contributed by atoms with Gasteiger partial charge in [-0.1, -0.05) is 25.1 Å². The van der Waals surface area contributed by atoms with Crippen LogP contribution in [0.4, 0.5) is 8.78 Å². The largest absolute Gasteiger partial charge is 0.438 e. The summed E-state index contributed by atoms with van der Waals surface area (Å²) in [6.07, 6.45) is 5.59. The molecule has 350 valence electrons. The van der Waals surface area contributed by atoms with Crippen LogP contribution in [-0.2, 0) is 26.4 Å². The van der Waals surface area contributed by atoms with E-state index in [2.05, 4.69) is 53.5 Å². The maximum absolute atomic E-state index is 16.0. The molecule has 1 N–H and O–H groups in total. The Balaban J connectivity index is 1.11. The number of aromatic nitrogens is 7. The number of H-pyrrole nitrogens is 1. The lowest BCUT2D eigenvalue weighted by Gasteiger charge is -2.35. The number of carbonyl (C=O) groups excluding carboxylic acids is 1. The van der Waals surface area contributed by atoms with Crippen molar-refractivity contribution in [1.82, 2.24) is 38.5 Å². The Morgan fingerprint density at radius 2 is 1.73 bits per heavy atom. The van der Waals surface area contributed by atoms with E-state index in [4.69, 9.17) is 14.4 Å². The summed E-state index contributed by atoms with van der Waals surface area (Å²) in [5, 5.41) is 10.1. The van der Waals surface area contributed by atoms with Crippen LogP contribution in [0, 0.1) is 31.4 Å². The number of amides is 1. The van der Waals surface area contributed by atoms with Gasteiger partial charge in [-0.25, -0.2) is 31.6 Å². The molecule has 0 radical (unpaired) electrons. The van der Waals surface area contributed by atoms with Crippen molar-refractivity contribution in [3.05, 3.63) is 139 Å². The molecule has 5 atom stereocenters. The van der Waals surface area contributed by atoms with Gasteiger partial charge in [0.15, 0.2) is 5.82 Å². The highest BCUT2D eigenvalue weighted by atomic mass is 32.2. The molecule has 6 heterocycles. The minimum absolute atomic E-state index is 0.0152. The topological polar surface area (TPSA) is 168 Å². The zero-order valence-corrected chi connectivity index (χ0v) is 39.5. The molecule has 3 aliphatic rings. The van der Waals surface area contributed by atoms with Crippen molar-refractivity contribution >= 4 is 26.5 Å². The maximum Gasteiger partial charge on any atom is 0.438 e. The number of nitrogens with one attached hydrogen (secondary N) is 1. The third-order valence-electron chi connectivity index (χ3n) is 14.3. The van der Waals surface area contributed by atoms with Gasteiger partial charge in [0.1, 0.15) is 28.7 Å². The number of nitrogens with zero attached hydrogens (tertiary/aromatic N) is 8. The third-order valence-corrected chi connectivity index (χ3v) is 16.7. The predicted octanol–water partition coefficient (Wildman–Crippen LogP) is 8.03. The van der Waals surface area contributed by atoms with E-state index in [1.54, 1.807) is 42.5 Å². The third kappa shape index (κ3) is 7.04. The normalized spacial score (nSPS) is 22.2. The molecule has 67 heavy (non-hydrogen) atoms. The fourth-order valence-electron chi connectivity index (χ4n) is 10.7. The molecular weight excluding hydrogens is 881 g/mol. The Kier molecular flexibility index (Phi) is 10.5. The van der Waals surface area contributed by atoms with Crippen molar-refractivity contribution < 1.29 is 27.0 Å². The van der Waals surface area contributed by atoms with Crippen LogP contribution in [0.1, 0.15) is 110 Å². The molecule has 0 spiro atoms. The van der Waals surface area contributed by atoms with Crippen LogP contribution in [0.15, 0.2) is 90.4 Å². The van der Waals surface area contributed by atoms with Crippen LogP contribution in [0.5, 0.6) is 0 Å². The van der Waals surface area contributed by atoms with Crippen molar-refractivity contribution in [2.45, 2.75) is 102 Å². The second-order valence-electron chi connectivity index (χ2n) is 18.9. The standard InChI is InChI=1S/C49H53F2N9O6S/c1-9-67(64,52-8)35-11-13-39(36(50)24-35)57-17-18-58(47(57)63)43-41-30(5)56(16-14-37(41)54-60(43)34-20-27(2)42(51)28(3)21-34)44(61)40-23-33-22-31(32-15-19-65-48(6,7)26-32)10-12-38(33)59(40)49(25-29(49)4)45-53-46(62)66-55-45/h10-13,17-18,20-24,29-30,32H,9,14-16,19,25-26H2,1-8H3,(H,53,55,62). The highest BCUT2D eigenvalue weighted by Crippen LogP contribution is 2.56. The second kappa shape index (κ2) is 15.9. The number of hydrogen-bond acceptors (Lipinski definition) is 9. The van der Waals surface area contributed by atoms with E-state index >= 15 is 13.6 Å². The molecule has 1 saturated heterocycles. The van der Waals surface area contributed by atoms with E-state index in [0.29, 0.717) is 64.9 Å². The molecule has 15 nitrogen and oxygen atoms in total. The molecule has 1 saturated carbocycles. The molecule has 1 aliphatic carbocycles. The number of aryl methyl sites for hydroxylation is 2. The molecule has 7 aromatic rings. The minimum atomic E-state index is -2.85. The van der Waals surface area contributed by atoms with Gasteiger partial charge in [-0.2, -0.15) is 5.10 Å². The maximum atomic E-state index is 16.0. The number of halogens is 2. The number of carbonyl (C=O) groups is 1. The van der Waals surface area contributed by atoms with E-state index in [-0.39, 0.29) is 52.0 Å². The van der Waals surface area contributed by atoms with Crippen LogP contribution in [0.25, 0.3) is 28.1 Å². The first-order valence-electron chi connectivity index (χ1n) is 22.7.